The van der Waals surface area contributed by atoms with Crippen LogP contribution < -0.4 is 20.0 Å². The molecular weight excluding hydrogens is 536 g/mol. The molecule has 0 radical (unpaired) electrons. The van der Waals surface area contributed by atoms with E-state index in [9.17, 15) is 14.7 Å². The standard InChI is InChI=1S/C32H36N4O6/c1-34(2)32-26(17-21-7-5-6-8-27(21)33-32)25(19-29(38)41-4)31-30(39)28(37)18-24(42-31)20-35-13-15-36(16-14-35)22-9-11-23(40-3)12-10-22/h5-12,17-18,25,39H,13-16,19-20H2,1-4H3. The van der Waals surface area contributed by atoms with Crippen molar-refractivity contribution in [1.29, 1.82) is 0 Å². The number of methoxy groups -OCH3 is 2. The van der Waals surface area contributed by atoms with Crippen LogP contribution in [-0.2, 0) is 16.1 Å². The van der Waals surface area contributed by atoms with Crippen LogP contribution in [0.4, 0.5) is 11.5 Å². The molecule has 3 heterocycles. The zero-order valence-electron chi connectivity index (χ0n) is 24.4. The Kier molecular flexibility index (Phi) is 8.63. The minimum Gasteiger partial charge on any atom is -0.502 e. The molecular formula is C32H36N4O6. The molecule has 4 aromatic rings. The predicted octanol–water partition coefficient (Wildman–Crippen LogP) is 3.99. The average molecular weight is 573 g/mol. The zero-order chi connectivity index (χ0) is 29.8. The molecule has 42 heavy (non-hydrogen) atoms. The first-order chi connectivity index (χ1) is 20.3. The molecule has 0 bridgehead atoms. The number of ether oxygens (including phenoxy) is 2. The maximum Gasteiger partial charge on any atom is 0.306 e. The number of aromatic nitrogens is 1. The largest absolute Gasteiger partial charge is 0.502 e. The van der Waals surface area contributed by atoms with Crippen molar-refractivity contribution in [2.24, 2.45) is 0 Å². The van der Waals surface area contributed by atoms with E-state index in [0.29, 0.717) is 23.7 Å². The molecule has 1 aliphatic heterocycles. The Morgan fingerprint density at radius 2 is 1.76 bits per heavy atom. The number of fused-ring (bicyclic) bond motifs is 1. The molecule has 2 aromatic heterocycles. The molecule has 10 heteroatoms. The molecule has 1 atom stereocenters. The van der Waals surface area contributed by atoms with Gasteiger partial charge in [0.05, 0.1) is 38.6 Å². The summed E-state index contributed by atoms with van der Waals surface area (Å²) in [6.07, 6.45) is -0.141. The SMILES string of the molecule is COC(=O)CC(c1cc2ccccc2nc1N(C)C)c1oc(CN2CCN(c3ccc(OC)cc3)CC2)cc(=O)c1O. The Morgan fingerprint density at radius 3 is 2.43 bits per heavy atom. The van der Waals surface area contributed by atoms with Crippen molar-refractivity contribution in [3.05, 3.63) is 88.0 Å². The molecule has 10 nitrogen and oxygen atoms in total. The number of nitrogens with zero attached hydrogens (tertiary/aromatic N) is 4. The molecule has 2 aromatic carbocycles. The number of benzene rings is 2. The fourth-order valence-corrected chi connectivity index (χ4v) is 5.38. The second-order valence-electron chi connectivity index (χ2n) is 10.6. The van der Waals surface area contributed by atoms with Gasteiger partial charge >= 0.3 is 5.97 Å². The lowest BCUT2D eigenvalue weighted by Crippen LogP contribution is -2.46. The lowest BCUT2D eigenvalue weighted by molar-refractivity contribution is -0.140. The molecule has 1 fully saturated rings. The average Bonchev–Trinajstić information content (AvgIpc) is 3.01. The summed E-state index contributed by atoms with van der Waals surface area (Å²) >= 11 is 0. The van der Waals surface area contributed by atoms with Crippen molar-refractivity contribution in [3.63, 3.8) is 0 Å². The molecule has 0 aliphatic carbocycles. The lowest BCUT2D eigenvalue weighted by Gasteiger charge is -2.36. The predicted molar refractivity (Wildman–Crippen MR) is 162 cm³/mol. The van der Waals surface area contributed by atoms with Crippen LogP contribution in [0.15, 0.2) is 69.9 Å². The zero-order valence-corrected chi connectivity index (χ0v) is 24.4. The molecule has 0 saturated carbocycles. The van der Waals surface area contributed by atoms with E-state index >= 15 is 0 Å². The first-order valence-electron chi connectivity index (χ1n) is 13.9. The quantitative estimate of drug-likeness (QED) is 0.296. The summed E-state index contributed by atoms with van der Waals surface area (Å²) in [5.74, 6) is 0.0462. The fourth-order valence-electron chi connectivity index (χ4n) is 5.38. The second kappa shape index (κ2) is 12.5. The Morgan fingerprint density at radius 1 is 1.05 bits per heavy atom. The van der Waals surface area contributed by atoms with E-state index in [2.05, 4.69) is 9.80 Å². The molecule has 0 spiro atoms. The first-order valence-corrected chi connectivity index (χ1v) is 13.9. The number of aromatic hydroxyl groups is 1. The van der Waals surface area contributed by atoms with Gasteiger partial charge in [-0.3, -0.25) is 14.5 Å². The van der Waals surface area contributed by atoms with Crippen molar-refractivity contribution in [2.45, 2.75) is 18.9 Å². The van der Waals surface area contributed by atoms with Gasteiger partial charge in [-0.25, -0.2) is 4.98 Å². The van der Waals surface area contributed by atoms with Crippen LogP contribution >= 0.6 is 0 Å². The smallest absolute Gasteiger partial charge is 0.306 e. The molecule has 1 aliphatic rings. The number of para-hydroxylation sites is 1. The molecule has 220 valence electrons. The monoisotopic (exact) mass is 572 g/mol. The van der Waals surface area contributed by atoms with Crippen LogP contribution in [0.3, 0.4) is 0 Å². The Labute approximate surface area is 244 Å². The van der Waals surface area contributed by atoms with E-state index in [1.807, 2.05) is 73.6 Å². The molecule has 5 rings (SSSR count). The number of hydrogen-bond donors (Lipinski definition) is 1. The van der Waals surface area contributed by atoms with Gasteiger partial charge in [0.2, 0.25) is 11.2 Å². The summed E-state index contributed by atoms with van der Waals surface area (Å²) in [4.78, 5) is 36.8. The fraction of sp³-hybridized carbons (Fsp3) is 0.344. The molecule has 1 N–H and O–H groups in total. The van der Waals surface area contributed by atoms with E-state index in [-0.39, 0.29) is 12.2 Å². The van der Waals surface area contributed by atoms with Gasteiger partial charge in [0, 0.05) is 63.0 Å². The van der Waals surface area contributed by atoms with Gasteiger partial charge in [-0.2, -0.15) is 0 Å². The van der Waals surface area contributed by atoms with Gasteiger partial charge in [0.1, 0.15) is 17.3 Å². The highest BCUT2D eigenvalue weighted by atomic mass is 16.5. The number of carbonyl (C=O) groups is 1. The van der Waals surface area contributed by atoms with Crippen LogP contribution in [0.2, 0.25) is 0 Å². The Hall–Kier alpha value is -4.57. The summed E-state index contributed by atoms with van der Waals surface area (Å²) in [5, 5.41) is 11.8. The first kappa shape index (κ1) is 28.9. The highest BCUT2D eigenvalue weighted by molar-refractivity contribution is 5.83. The van der Waals surface area contributed by atoms with Crippen molar-refractivity contribution < 1.29 is 23.8 Å². The number of rotatable bonds is 9. The highest BCUT2D eigenvalue weighted by Gasteiger charge is 2.30. The van der Waals surface area contributed by atoms with Gasteiger partial charge in [-0.1, -0.05) is 18.2 Å². The number of pyridine rings is 1. The van der Waals surface area contributed by atoms with Gasteiger partial charge in [-0.15, -0.1) is 0 Å². The van der Waals surface area contributed by atoms with E-state index < -0.39 is 23.1 Å². The van der Waals surface area contributed by atoms with Gasteiger partial charge in [0.25, 0.3) is 0 Å². The van der Waals surface area contributed by atoms with Crippen LogP contribution in [-0.4, -0.2) is 75.5 Å². The van der Waals surface area contributed by atoms with Crippen molar-refractivity contribution in [2.75, 3.05) is 64.3 Å². The second-order valence-corrected chi connectivity index (χ2v) is 10.6. The molecule has 1 saturated heterocycles. The van der Waals surface area contributed by atoms with Gasteiger partial charge < -0.3 is 28.8 Å². The normalized spacial score (nSPS) is 14.5. The molecule has 1 unspecified atom stereocenters. The van der Waals surface area contributed by atoms with E-state index in [0.717, 1.165) is 48.5 Å². The van der Waals surface area contributed by atoms with Crippen LogP contribution in [0.1, 0.15) is 29.4 Å². The van der Waals surface area contributed by atoms with Crippen LogP contribution in [0.25, 0.3) is 10.9 Å². The van der Waals surface area contributed by atoms with E-state index in [1.165, 1.54) is 13.2 Å². The third-order valence-corrected chi connectivity index (χ3v) is 7.64. The van der Waals surface area contributed by atoms with Crippen molar-refractivity contribution in [1.82, 2.24) is 9.88 Å². The van der Waals surface area contributed by atoms with Gasteiger partial charge in [0.15, 0.2) is 5.76 Å². The third kappa shape index (κ3) is 6.18. The third-order valence-electron chi connectivity index (χ3n) is 7.64. The number of piperazine rings is 1. The minimum atomic E-state index is -0.800. The number of esters is 1. The number of anilines is 2. The van der Waals surface area contributed by atoms with Crippen molar-refractivity contribution >= 4 is 28.4 Å². The van der Waals surface area contributed by atoms with Gasteiger partial charge in [-0.05, 0) is 36.4 Å². The summed E-state index contributed by atoms with van der Waals surface area (Å²) in [5.41, 5.74) is 2.00. The highest BCUT2D eigenvalue weighted by Crippen LogP contribution is 2.39. The molecule has 0 amide bonds. The maximum atomic E-state index is 13.0. The maximum absolute atomic E-state index is 13.0. The number of carbonyl (C=O) groups excluding carboxylic acids is 1. The summed E-state index contributed by atoms with van der Waals surface area (Å²) < 4.78 is 16.5. The Bertz CT molecular complexity index is 1610. The van der Waals surface area contributed by atoms with Crippen LogP contribution in [0, 0.1) is 0 Å². The number of hydrogen-bond acceptors (Lipinski definition) is 10. The van der Waals surface area contributed by atoms with Crippen molar-refractivity contribution in [3.8, 4) is 11.5 Å². The summed E-state index contributed by atoms with van der Waals surface area (Å²) in [7, 11) is 6.67. The summed E-state index contributed by atoms with van der Waals surface area (Å²) in [6, 6.07) is 18.9. The van der Waals surface area contributed by atoms with E-state index in [1.54, 1.807) is 7.11 Å². The topological polar surface area (TPSA) is 109 Å². The summed E-state index contributed by atoms with van der Waals surface area (Å²) in [6.45, 7) is 3.52. The minimum absolute atomic E-state index is 0.0277. The Balaban J connectivity index is 1.45. The lowest BCUT2D eigenvalue weighted by atomic mass is 9.91. The van der Waals surface area contributed by atoms with E-state index in [4.69, 9.17) is 18.9 Å². The van der Waals surface area contributed by atoms with Crippen LogP contribution in [0.5, 0.6) is 11.5 Å².